The quantitative estimate of drug-likeness (QED) is 0.901. The van der Waals surface area contributed by atoms with Crippen LogP contribution < -0.4 is 5.32 Å². The van der Waals surface area contributed by atoms with E-state index in [1.807, 2.05) is 6.92 Å². The Morgan fingerprint density at radius 3 is 2.88 bits per heavy atom. The first kappa shape index (κ1) is 16.4. The van der Waals surface area contributed by atoms with Crippen LogP contribution in [0.5, 0.6) is 0 Å². The number of oxime groups is 1. The second-order valence-electron chi connectivity index (χ2n) is 6.01. The van der Waals surface area contributed by atoms with E-state index < -0.39 is 12.1 Å². The van der Waals surface area contributed by atoms with Crippen LogP contribution >= 0.6 is 0 Å². The molecular weight excluding hydrogens is 313 g/mol. The molecule has 2 aliphatic heterocycles. The minimum atomic E-state index is -0.680. The van der Waals surface area contributed by atoms with Crippen LogP contribution in [-0.4, -0.2) is 47.7 Å². The van der Waals surface area contributed by atoms with Gasteiger partial charge in [0.2, 0.25) is 12.0 Å². The summed E-state index contributed by atoms with van der Waals surface area (Å²) in [4.78, 5) is 31.4. The second kappa shape index (κ2) is 6.98. The van der Waals surface area contributed by atoms with Crippen molar-refractivity contribution in [3.8, 4) is 0 Å². The molecule has 1 aromatic carbocycles. The van der Waals surface area contributed by atoms with E-state index >= 15 is 0 Å². The fourth-order valence-corrected chi connectivity index (χ4v) is 3.07. The lowest BCUT2D eigenvalue weighted by molar-refractivity contribution is -0.151. The van der Waals surface area contributed by atoms with Gasteiger partial charge in [-0.1, -0.05) is 24.2 Å². The summed E-state index contributed by atoms with van der Waals surface area (Å²) in [5.74, 6) is -0.609. The van der Waals surface area contributed by atoms with Crippen molar-refractivity contribution in [3.05, 3.63) is 35.6 Å². The number of hydrogen-bond acceptors (Lipinski definition) is 4. The van der Waals surface area contributed by atoms with Gasteiger partial charge in [0.05, 0.1) is 5.71 Å². The molecule has 1 aromatic rings. The highest BCUT2D eigenvalue weighted by molar-refractivity contribution is 5.96. The number of halogens is 1. The van der Waals surface area contributed by atoms with Crippen LogP contribution in [0.1, 0.15) is 25.3 Å². The molecule has 2 aliphatic rings. The largest absolute Gasteiger partial charge is 0.382 e. The summed E-state index contributed by atoms with van der Waals surface area (Å²) in [5, 5.41) is 6.77. The fourth-order valence-electron chi connectivity index (χ4n) is 3.07. The Morgan fingerprint density at radius 2 is 2.17 bits per heavy atom. The van der Waals surface area contributed by atoms with Crippen LogP contribution in [-0.2, 0) is 20.8 Å². The number of carbonyl (C=O) groups excluding carboxylic acids is 2. The third-order valence-corrected chi connectivity index (χ3v) is 4.33. The number of carbonyl (C=O) groups is 2. The average Bonchev–Trinajstić information content (AvgIpc) is 3.04. The minimum absolute atomic E-state index is 0.123. The van der Waals surface area contributed by atoms with Crippen LogP contribution in [0, 0.1) is 5.82 Å². The molecule has 1 saturated heterocycles. The van der Waals surface area contributed by atoms with Crippen LogP contribution in [0.2, 0.25) is 0 Å². The van der Waals surface area contributed by atoms with Crippen molar-refractivity contribution in [2.45, 2.75) is 38.3 Å². The molecule has 0 unspecified atom stereocenters. The van der Waals surface area contributed by atoms with Crippen molar-refractivity contribution >= 4 is 17.5 Å². The van der Waals surface area contributed by atoms with Gasteiger partial charge in [0.1, 0.15) is 11.9 Å². The predicted molar refractivity (Wildman–Crippen MR) is 85.8 cm³/mol. The second-order valence-corrected chi connectivity index (χ2v) is 6.01. The monoisotopic (exact) mass is 333 g/mol. The van der Waals surface area contributed by atoms with Gasteiger partial charge >= 0.3 is 0 Å². The third-order valence-electron chi connectivity index (χ3n) is 4.33. The molecule has 0 saturated carbocycles. The third kappa shape index (κ3) is 3.39. The van der Waals surface area contributed by atoms with E-state index in [1.54, 1.807) is 17.0 Å². The van der Waals surface area contributed by atoms with Crippen molar-refractivity contribution < 1.29 is 18.8 Å². The van der Waals surface area contributed by atoms with Crippen LogP contribution in [0.4, 0.5) is 4.39 Å². The molecule has 24 heavy (non-hydrogen) atoms. The van der Waals surface area contributed by atoms with Gasteiger partial charge in [-0.15, -0.1) is 0 Å². The molecule has 0 radical (unpaired) electrons. The van der Waals surface area contributed by atoms with Crippen LogP contribution in [0.15, 0.2) is 29.4 Å². The fraction of sp³-hybridized carbons (Fsp3) is 0.471. The lowest BCUT2D eigenvalue weighted by Gasteiger charge is -2.35. The van der Waals surface area contributed by atoms with Crippen molar-refractivity contribution in [2.24, 2.45) is 5.16 Å². The standard InChI is InChI=1S/C17H20FN3O3/c1-2-14-16(22)19-7-8-21(14)17(23)15-10-13(20-24-15)9-11-3-5-12(18)6-4-11/h3-6,14-15H,2,7-10H2,1H3,(H,19,22)/t14-,15-/m1/s1. The van der Waals surface area contributed by atoms with E-state index in [2.05, 4.69) is 10.5 Å². The van der Waals surface area contributed by atoms with Gasteiger partial charge in [0.25, 0.3) is 5.91 Å². The maximum atomic E-state index is 12.9. The molecule has 2 amide bonds. The van der Waals surface area contributed by atoms with Crippen molar-refractivity contribution in [2.75, 3.05) is 13.1 Å². The summed E-state index contributed by atoms with van der Waals surface area (Å²) < 4.78 is 12.9. The number of nitrogens with one attached hydrogen (secondary N) is 1. The van der Waals surface area contributed by atoms with E-state index in [9.17, 15) is 14.0 Å². The van der Waals surface area contributed by atoms with Gasteiger partial charge in [-0.25, -0.2) is 4.39 Å². The molecule has 2 atom stereocenters. The Labute approximate surface area is 139 Å². The first-order valence-corrected chi connectivity index (χ1v) is 8.12. The average molecular weight is 333 g/mol. The van der Waals surface area contributed by atoms with Crippen molar-refractivity contribution in [1.29, 1.82) is 0 Å². The first-order valence-electron chi connectivity index (χ1n) is 8.12. The number of piperazine rings is 1. The first-order chi connectivity index (χ1) is 11.6. The highest BCUT2D eigenvalue weighted by Gasteiger charge is 2.38. The highest BCUT2D eigenvalue weighted by Crippen LogP contribution is 2.19. The molecule has 128 valence electrons. The van der Waals surface area contributed by atoms with Gasteiger partial charge in [-0.2, -0.15) is 0 Å². The number of hydrogen-bond donors (Lipinski definition) is 1. The summed E-state index contributed by atoms with van der Waals surface area (Å²) in [5.41, 5.74) is 1.66. The van der Waals surface area contributed by atoms with Gasteiger partial charge < -0.3 is 15.1 Å². The maximum absolute atomic E-state index is 12.9. The predicted octanol–water partition coefficient (Wildman–Crippen LogP) is 1.25. The lowest BCUT2D eigenvalue weighted by Crippen LogP contribution is -2.58. The van der Waals surface area contributed by atoms with E-state index in [1.165, 1.54) is 12.1 Å². The van der Waals surface area contributed by atoms with Gasteiger partial charge in [0.15, 0.2) is 0 Å². The summed E-state index contributed by atoms with van der Waals surface area (Å²) in [7, 11) is 0. The molecule has 7 heteroatoms. The Kier molecular flexibility index (Phi) is 4.78. The molecule has 0 aliphatic carbocycles. The molecule has 0 aromatic heterocycles. The van der Waals surface area contributed by atoms with Gasteiger partial charge in [0, 0.05) is 25.9 Å². The van der Waals surface area contributed by atoms with Crippen LogP contribution in [0.25, 0.3) is 0 Å². The molecule has 1 N–H and O–H groups in total. The Bertz CT molecular complexity index is 660. The normalized spacial score (nSPS) is 23.5. The zero-order chi connectivity index (χ0) is 17.1. The van der Waals surface area contributed by atoms with E-state index in [0.29, 0.717) is 32.4 Å². The Hall–Kier alpha value is -2.44. The van der Waals surface area contributed by atoms with Gasteiger partial charge in [-0.05, 0) is 24.1 Å². The topological polar surface area (TPSA) is 71.0 Å². The smallest absolute Gasteiger partial charge is 0.267 e. The molecule has 0 spiro atoms. The highest BCUT2D eigenvalue weighted by atomic mass is 19.1. The lowest BCUT2D eigenvalue weighted by atomic mass is 10.0. The summed E-state index contributed by atoms with van der Waals surface area (Å²) in [6.07, 6.45) is 0.792. The molecular formula is C17H20FN3O3. The van der Waals surface area contributed by atoms with Gasteiger partial charge in [-0.3, -0.25) is 9.59 Å². The number of amides is 2. The molecule has 3 rings (SSSR count). The number of benzene rings is 1. The maximum Gasteiger partial charge on any atom is 0.267 e. The van der Waals surface area contributed by atoms with Crippen molar-refractivity contribution in [1.82, 2.24) is 10.2 Å². The minimum Gasteiger partial charge on any atom is -0.382 e. The molecule has 0 bridgehead atoms. The summed E-state index contributed by atoms with van der Waals surface area (Å²) in [6, 6.07) is 5.72. The van der Waals surface area contributed by atoms with Crippen LogP contribution in [0.3, 0.4) is 0 Å². The summed E-state index contributed by atoms with van der Waals surface area (Å²) in [6.45, 7) is 2.81. The Morgan fingerprint density at radius 1 is 1.42 bits per heavy atom. The summed E-state index contributed by atoms with van der Waals surface area (Å²) >= 11 is 0. The molecule has 2 heterocycles. The van der Waals surface area contributed by atoms with E-state index in [0.717, 1.165) is 11.3 Å². The Balaban J connectivity index is 1.60. The van der Waals surface area contributed by atoms with E-state index in [-0.39, 0.29) is 17.6 Å². The molecule has 6 nitrogen and oxygen atoms in total. The molecule has 1 fully saturated rings. The SMILES string of the molecule is CC[C@@H]1C(=O)NCCN1C(=O)[C@H]1CC(Cc2ccc(F)cc2)=NO1. The number of nitrogens with zero attached hydrogens (tertiary/aromatic N) is 2. The number of rotatable bonds is 4. The van der Waals surface area contributed by atoms with Crippen molar-refractivity contribution in [3.63, 3.8) is 0 Å². The zero-order valence-electron chi connectivity index (χ0n) is 13.5. The van der Waals surface area contributed by atoms with E-state index in [4.69, 9.17) is 4.84 Å². The zero-order valence-corrected chi connectivity index (χ0v) is 13.5.